The molecule has 0 radical (unpaired) electrons. The van der Waals surface area contributed by atoms with E-state index in [1.165, 1.54) is 21.8 Å². The Labute approximate surface area is 123 Å². The molecule has 0 spiro atoms. The summed E-state index contributed by atoms with van der Waals surface area (Å²) in [4.78, 5) is 14.1. The lowest BCUT2D eigenvalue weighted by Crippen LogP contribution is -2.10. The largest absolute Gasteiger partial charge is 0.506 e. The number of rotatable bonds is 4. The van der Waals surface area contributed by atoms with Crippen LogP contribution in [0.2, 0.25) is 0 Å². The van der Waals surface area contributed by atoms with E-state index in [1.807, 2.05) is 26.0 Å². The third kappa shape index (κ3) is 3.20. The molecule has 2 rings (SSSR count). The molecule has 0 aliphatic rings. The first-order valence-corrected chi connectivity index (χ1v) is 7.53. The number of amides is 1. The molecule has 0 unspecified atom stereocenters. The van der Waals surface area contributed by atoms with Crippen molar-refractivity contribution < 1.29 is 9.90 Å². The average molecular weight is 289 g/mol. The molecule has 20 heavy (non-hydrogen) atoms. The van der Waals surface area contributed by atoms with Crippen molar-refractivity contribution in [1.82, 2.24) is 0 Å². The minimum Gasteiger partial charge on any atom is -0.506 e. The molecule has 0 bridgehead atoms. The van der Waals surface area contributed by atoms with Gasteiger partial charge in [-0.1, -0.05) is 19.4 Å². The second-order valence-corrected chi connectivity index (χ2v) is 6.17. The fraction of sp³-hybridized carbons (Fsp3) is 0.312. The molecule has 0 saturated heterocycles. The number of phenols is 1. The number of nitrogens with one attached hydrogen (secondary N) is 1. The third-order valence-corrected chi connectivity index (χ3v) is 4.26. The van der Waals surface area contributed by atoms with Crippen molar-refractivity contribution in [2.75, 3.05) is 5.32 Å². The average Bonchev–Trinajstić information content (AvgIpc) is 2.75. The Morgan fingerprint density at radius 2 is 2.05 bits per heavy atom. The van der Waals surface area contributed by atoms with Crippen LogP contribution in [0, 0.1) is 13.8 Å². The van der Waals surface area contributed by atoms with E-state index in [-0.39, 0.29) is 11.7 Å². The third-order valence-electron chi connectivity index (χ3n) is 3.17. The van der Waals surface area contributed by atoms with E-state index in [0.717, 1.165) is 18.4 Å². The maximum atomic E-state index is 12.2. The molecule has 2 aromatic rings. The fourth-order valence-electron chi connectivity index (χ4n) is 2.08. The Morgan fingerprint density at radius 3 is 2.70 bits per heavy atom. The lowest BCUT2D eigenvalue weighted by atomic mass is 10.1. The zero-order chi connectivity index (χ0) is 14.7. The number of anilines is 1. The van der Waals surface area contributed by atoms with E-state index in [2.05, 4.69) is 12.2 Å². The number of aromatic hydroxyl groups is 1. The minimum absolute atomic E-state index is 0.0976. The number of benzene rings is 1. The lowest BCUT2D eigenvalue weighted by Gasteiger charge is -2.06. The standard InChI is InChI=1S/C16H19NO2S/c1-4-5-12-9-15(20-11(12)3)16(19)17-13-7-6-10(2)8-14(13)18/h6-9,18H,4-5H2,1-3H3,(H,17,19). The van der Waals surface area contributed by atoms with E-state index < -0.39 is 0 Å². The smallest absolute Gasteiger partial charge is 0.265 e. The van der Waals surface area contributed by atoms with Gasteiger partial charge in [-0.05, 0) is 49.6 Å². The molecule has 0 saturated carbocycles. The number of hydrogen-bond donors (Lipinski definition) is 2. The molecule has 2 N–H and O–H groups in total. The number of aryl methyl sites for hydroxylation is 3. The number of hydrogen-bond acceptors (Lipinski definition) is 3. The van der Waals surface area contributed by atoms with Crippen molar-refractivity contribution in [2.45, 2.75) is 33.6 Å². The van der Waals surface area contributed by atoms with E-state index >= 15 is 0 Å². The fourth-order valence-corrected chi connectivity index (χ4v) is 3.05. The number of thiophene rings is 1. The number of carbonyl (C=O) groups is 1. The number of carbonyl (C=O) groups excluding carboxylic acids is 1. The molecule has 0 aliphatic heterocycles. The molecule has 0 atom stereocenters. The molecular weight excluding hydrogens is 270 g/mol. The number of phenolic OH excluding ortho intramolecular Hbond substituents is 1. The van der Waals surface area contributed by atoms with Crippen LogP contribution >= 0.6 is 11.3 Å². The predicted octanol–water partition coefficient (Wildman–Crippen LogP) is 4.28. The molecule has 0 fully saturated rings. The summed E-state index contributed by atoms with van der Waals surface area (Å²) in [5, 5.41) is 12.6. The zero-order valence-corrected chi connectivity index (χ0v) is 12.8. The van der Waals surface area contributed by atoms with E-state index in [0.29, 0.717) is 10.6 Å². The van der Waals surface area contributed by atoms with Crippen molar-refractivity contribution in [3.05, 3.63) is 45.1 Å². The van der Waals surface area contributed by atoms with Gasteiger partial charge >= 0.3 is 0 Å². The van der Waals surface area contributed by atoms with Crippen LogP contribution < -0.4 is 5.32 Å². The highest BCUT2D eigenvalue weighted by Crippen LogP contribution is 2.27. The molecule has 4 heteroatoms. The second-order valence-electron chi connectivity index (χ2n) is 4.92. The van der Waals surface area contributed by atoms with Gasteiger partial charge in [0, 0.05) is 4.88 Å². The summed E-state index contributed by atoms with van der Waals surface area (Å²) in [7, 11) is 0. The minimum atomic E-state index is -0.167. The summed E-state index contributed by atoms with van der Waals surface area (Å²) < 4.78 is 0. The molecule has 1 amide bonds. The van der Waals surface area contributed by atoms with Gasteiger partial charge in [0.1, 0.15) is 5.75 Å². The summed E-state index contributed by atoms with van der Waals surface area (Å²) in [5.41, 5.74) is 2.64. The van der Waals surface area contributed by atoms with Gasteiger partial charge in [-0.15, -0.1) is 11.3 Å². The van der Waals surface area contributed by atoms with Crippen molar-refractivity contribution in [1.29, 1.82) is 0 Å². The second kappa shape index (κ2) is 6.09. The van der Waals surface area contributed by atoms with Gasteiger partial charge in [0.05, 0.1) is 10.6 Å². The molecule has 0 aliphatic carbocycles. The normalized spacial score (nSPS) is 10.6. The van der Waals surface area contributed by atoms with E-state index in [4.69, 9.17) is 0 Å². The highest BCUT2D eigenvalue weighted by Gasteiger charge is 2.13. The van der Waals surface area contributed by atoms with E-state index in [1.54, 1.807) is 12.1 Å². The van der Waals surface area contributed by atoms with Gasteiger partial charge in [0.15, 0.2) is 0 Å². The maximum Gasteiger partial charge on any atom is 0.265 e. The van der Waals surface area contributed by atoms with Gasteiger partial charge in [-0.25, -0.2) is 0 Å². The summed E-state index contributed by atoms with van der Waals surface area (Å²) in [6.07, 6.45) is 2.06. The van der Waals surface area contributed by atoms with Crippen LogP contribution in [-0.4, -0.2) is 11.0 Å². The monoisotopic (exact) mass is 289 g/mol. The van der Waals surface area contributed by atoms with Crippen LogP contribution in [-0.2, 0) is 6.42 Å². The first-order chi connectivity index (χ1) is 9.51. The highest BCUT2D eigenvalue weighted by molar-refractivity contribution is 7.14. The quantitative estimate of drug-likeness (QED) is 0.826. The summed E-state index contributed by atoms with van der Waals surface area (Å²) in [6, 6.07) is 7.16. The van der Waals surface area contributed by atoms with Crippen molar-refractivity contribution >= 4 is 22.9 Å². The Kier molecular flexibility index (Phi) is 4.45. The Bertz CT molecular complexity index is 631. The molecule has 106 valence electrons. The summed E-state index contributed by atoms with van der Waals surface area (Å²) >= 11 is 1.50. The van der Waals surface area contributed by atoms with Gasteiger partial charge < -0.3 is 10.4 Å². The SMILES string of the molecule is CCCc1cc(C(=O)Nc2ccc(C)cc2O)sc1C. The molecule has 1 aromatic carbocycles. The van der Waals surface area contributed by atoms with Crippen LogP contribution in [0.5, 0.6) is 5.75 Å². The Balaban J connectivity index is 2.17. The summed E-state index contributed by atoms with van der Waals surface area (Å²) in [5.74, 6) is -0.0694. The van der Waals surface area contributed by atoms with Crippen LogP contribution in [0.25, 0.3) is 0 Å². The molecular formula is C16H19NO2S. The molecule has 1 aromatic heterocycles. The predicted molar refractivity (Wildman–Crippen MR) is 83.8 cm³/mol. The van der Waals surface area contributed by atoms with Crippen LogP contribution in [0.3, 0.4) is 0 Å². The first kappa shape index (κ1) is 14.6. The van der Waals surface area contributed by atoms with Gasteiger partial charge in [-0.3, -0.25) is 4.79 Å². The van der Waals surface area contributed by atoms with Crippen molar-refractivity contribution in [3.63, 3.8) is 0 Å². The van der Waals surface area contributed by atoms with Gasteiger partial charge in [-0.2, -0.15) is 0 Å². The topological polar surface area (TPSA) is 49.3 Å². The first-order valence-electron chi connectivity index (χ1n) is 6.71. The molecule has 3 nitrogen and oxygen atoms in total. The maximum absolute atomic E-state index is 12.2. The van der Waals surface area contributed by atoms with Crippen LogP contribution in [0.15, 0.2) is 24.3 Å². The zero-order valence-electron chi connectivity index (χ0n) is 12.0. The van der Waals surface area contributed by atoms with Crippen molar-refractivity contribution in [3.8, 4) is 5.75 Å². The van der Waals surface area contributed by atoms with E-state index in [9.17, 15) is 9.90 Å². The molecule has 1 heterocycles. The van der Waals surface area contributed by atoms with Crippen molar-refractivity contribution in [2.24, 2.45) is 0 Å². The Hall–Kier alpha value is -1.81. The Morgan fingerprint density at radius 1 is 1.30 bits per heavy atom. The van der Waals surface area contributed by atoms with Gasteiger partial charge in [0.2, 0.25) is 0 Å². The van der Waals surface area contributed by atoms with Crippen LogP contribution in [0.4, 0.5) is 5.69 Å². The lowest BCUT2D eigenvalue weighted by molar-refractivity contribution is 0.103. The van der Waals surface area contributed by atoms with Crippen LogP contribution in [0.1, 0.15) is 39.0 Å². The summed E-state index contributed by atoms with van der Waals surface area (Å²) in [6.45, 7) is 6.06. The van der Waals surface area contributed by atoms with Gasteiger partial charge in [0.25, 0.3) is 5.91 Å². The highest BCUT2D eigenvalue weighted by atomic mass is 32.1.